The summed E-state index contributed by atoms with van der Waals surface area (Å²) in [6.45, 7) is 0.424. The van der Waals surface area contributed by atoms with E-state index in [0.717, 1.165) is 40.3 Å². The Kier molecular flexibility index (Phi) is 7.32. The van der Waals surface area contributed by atoms with Gasteiger partial charge in [-0.05, 0) is 67.9 Å². The maximum absolute atomic E-state index is 12.9. The fourth-order valence-corrected chi connectivity index (χ4v) is 4.75. The van der Waals surface area contributed by atoms with Crippen LogP contribution in [0.3, 0.4) is 0 Å². The number of ether oxygens (including phenoxy) is 1. The second kappa shape index (κ2) is 10.2. The third kappa shape index (κ3) is 5.91. The van der Waals surface area contributed by atoms with E-state index in [2.05, 4.69) is 10.3 Å². The number of hydrogen-bond acceptors (Lipinski definition) is 4. The highest BCUT2D eigenvalue weighted by Crippen LogP contribution is 2.33. The third-order valence-corrected chi connectivity index (χ3v) is 6.59. The lowest BCUT2D eigenvalue weighted by molar-refractivity contribution is -0.185. The van der Waals surface area contributed by atoms with Crippen LogP contribution in [-0.2, 0) is 24.2 Å². The summed E-state index contributed by atoms with van der Waals surface area (Å²) < 4.78 is 44.6. The second-order valence-corrected chi connectivity index (χ2v) is 8.97. The van der Waals surface area contributed by atoms with Crippen LogP contribution in [0.2, 0.25) is 5.02 Å². The van der Waals surface area contributed by atoms with Crippen molar-refractivity contribution in [2.45, 2.75) is 63.8 Å². The van der Waals surface area contributed by atoms with Gasteiger partial charge in [0.1, 0.15) is 5.75 Å². The van der Waals surface area contributed by atoms with Crippen molar-refractivity contribution in [3.8, 4) is 5.75 Å². The summed E-state index contributed by atoms with van der Waals surface area (Å²) in [5.41, 5.74) is 3.21. The molecule has 1 amide bonds. The minimum atomic E-state index is -4.87. The molecule has 178 valence electrons. The SMILES string of the molecule is O=C(N1CCc2ccc(Cl)c(NCc3ccc(OC4CCCCC4)cn3)c2CC1)C(F)(F)F. The average molecular weight is 482 g/mol. The number of rotatable bonds is 5. The highest BCUT2D eigenvalue weighted by molar-refractivity contribution is 6.33. The standard InChI is InChI=1S/C24H27ClF3N3O2/c25-21-9-6-16-10-12-31(23(32)24(26,27)28)13-11-20(16)22(21)30-14-17-7-8-19(15-29-17)33-18-4-2-1-3-5-18/h6-9,15,18,30H,1-5,10-14H2. The zero-order valence-corrected chi connectivity index (χ0v) is 19.0. The zero-order valence-electron chi connectivity index (χ0n) is 18.3. The molecule has 1 aliphatic carbocycles. The molecule has 1 aromatic carbocycles. The number of nitrogens with one attached hydrogen (secondary N) is 1. The van der Waals surface area contributed by atoms with Gasteiger partial charge in [0.25, 0.3) is 0 Å². The molecule has 1 aromatic heterocycles. The monoisotopic (exact) mass is 481 g/mol. The molecule has 0 atom stereocenters. The fraction of sp³-hybridized carbons (Fsp3) is 0.500. The Bertz CT molecular complexity index is 976. The summed E-state index contributed by atoms with van der Waals surface area (Å²) in [6.07, 6.45) is 3.56. The Labute approximate surface area is 196 Å². The first-order valence-corrected chi connectivity index (χ1v) is 11.7. The Balaban J connectivity index is 1.41. The fourth-order valence-electron chi connectivity index (χ4n) is 4.51. The van der Waals surface area contributed by atoms with E-state index in [4.69, 9.17) is 16.3 Å². The Morgan fingerprint density at radius 2 is 1.88 bits per heavy atom. The smallest absolute Gasteiger partial charge is 0.471 e. The van der Waals surface area contributed by atoms with Crippen molar-refractivity contribution in [2.75, 3.05) is 18.4 Å². The van der Waals surface area contributed by atoms with Crippen LogP contribution in [0.25, 0.3) is 0 Å². The lowest BCUT2D eigenvalue weighted by Gasteiger charge is -2.22. The maximum atomic E-state index is 12.9. The number of amides is 1. The summed E-state index contributed by atoms with van der Waals surface area (Å²) in [5, 5.41) is 3.79. The van der Waals surface area contributed by atoms with Crippen molar-refractivity contribution >= 4 is 23.2 Å². The summed E-state index contributed by atoms with van der Waals surface area (Å²) in [5.74, 6) is -1.04. The maximum Gasteiger partial charge on any atom is 0.471 e. The highest BCUT2D eigenvalue weighted by atomic mass is 35.5. The second-order valence-electron chi connectivity index (χ2n) is 8.57. The van der Waals surface area contributed by atoms with Crippen LogP contribution in [-0.4, -0.2) is 41.2 Å². The van der Waals surface area contributed by atoms with E-state index < -0.39 is 12.1 Å². The van der Waals surface area contributed by atoms with E-state index in [1.54, 1.807) is 12.3 Å². The molecule has 1 saturated carbocycles. The Hall–Kier alpha value is -2.48. The largest absolute Gasteiger partial charge is 0.489 e. The van der Waals surface area contributed by atoms with Crippen molar-refractivity contribution in [3.63, 3.8) is 0 Å². The first-order chi connectivity index (χ1) is 15.8. The number of carbonyl (C=O) groups is 1. The van der Waals surface area contributed by atoms with E-state index in [0.29, 0.717) is 30.1 Å². The third-order valence-electron chi connectivity index (χ3n) is 6.27. The van der Waals surface area contributed by atoms with Gasteiger partial charge >= 0.3 is 12.1 Å². The van der Waals surface area contributed by atoms with Crippen molar-refractivity contribution < 1.29 is 22.7 Å². The minimum Gasteiger partial charge on any atom is -0.489 e. The Morgan fingerprint density at radius 3 is 2.58 bits per heavy atom. The van der Waals surface area contributed by atoms with Crippen LogP contribution in [0.15, 0.2) is 30.5 Å². The van der Waals surface area contributed by atoms with Crippen LogP contribution < -0.4 is 10.1 Å². The number of benzene rings is 1. The van der Waals surface area contributed by atoms with Gasteiger partial charge < -0.3 is 15.0 Å². The lowest BCUT2D eigenvalue weighted by atomic mass is 9.98. The molecular weight excluding hydrogens is 455 g/mol. The van der Waals surface area contributed by atoms with Gasteiger partial charge in [0.15, 0.2) is 0 Å². The molecule has 1 fully saturated rings. The molecule has 0 unspecified atom stereocenters. The van der Waals surface area contributed by atoms with E-state index >= 15 is 0 Å². The van der Waals surface area contributed by atoms with E-state index in [1.165, 1.54) is 19.3 Å². The number of alkyl halides is 3. The molecule has 1 aliphatic heterocycles. The van der Waals surface area contributed by atoms with Crippen LogP contribution in [0.5, 0.6) is 5.75 Å². The van der Waals surface area contributed by atoms with Gasteiger partial charge in [-0.15, -0.1) is 0 Å². The first-order valence-electron chi connectivity index (χ1n) is 11.3. The van der Waals surface area contributed by atoms with Crippen LogP contribution in [0.4, 0.5) is 18.9 Å². The zero-order chi connectivity index (χ0) is 23.4. The topological polar surface area (TPSA) is 54.5 Å². The molecule has 33 heavy (non-hydrogen) atoms. The molecule has 2 aliphatic rings. The normalized spacial score (nSPS) is 17.3. The molecule has 5 nitrogen and oxygen atoms in total. The van der Waals surface area contributed by atoms with Gasteiger partial charge in [0.2, 0.25) is 0 Å². The van der Waals surface area contributed by atoms with Gasteiger partial charge in [-0.25, -0.2) is 0 Å². The number of hydrogen-bond donors (Lipinski definition) is 1. The van der Waals surface area contributed by atoms with Crippen molar-refractivity contribution in [2.24, 2.45) is 0 Å². The predicted octanol–water partition coefficient (Wildman–Crippen LogP) is 5.55. The molecule has 0 saturated heterocycles. The van der Waals surface area contributed by atoms with Gasteiger partial charge in [-0.2, -0.15) is 13.2 Å². The summed E-state index contributed by atoms with van der Waals surface area (Å²) in [4.78, 5) is 17.0. The molecule has 4 rings (SSSR count). The molecule has 9 heteroatoms. The number of nitrogens with zero attached hydrogens (tertiary/aromatic N) is 2. The highest BCUT2D eigenvalue weighted by Gasteiger charge is 2.42. The number of carbonyl (C=O) groups excluding carboxylic acids is 1. The number of anilines is 1. The Morgan fingerprint density at radius 1 is 1.12 bits per heavy atom. The van der Waals surface area contributed by atoms with Crippen LogP contribution in [0, 0.1) is 0 Å². The summed E-state index contributed by atoms with van der Waals surface area (Å²) in [6, 6.07) is 7.36. The van der Waals surface area contributed by atoms with Crippen LogP contribution in [0.1, 0.15) is 48.9 Å². The van der Waals surface area contributed by atoms with E-state index in [1.807, 2.05) is 18.2 Å². The predicted molar refractivity (Wildman–Crippen MR) is 121 cm³/mol. The number of pyridine rings is 1. The van der Waals surface area contributed by atoms with E-state index in [9.17, 15) is 18.0 Å². The summed E-state index contributed by atoms with van der Waals surface area (Å²) in [7, 11) is 0. The quantitative estimate of drug-likeness (QED) is 0.608. The molecule has 2 heterocycles. The summed E-state index contributed by atoms with van der Waals surface area (Å²) >= 11 is 6.42. The average Bonchev–Trinajstić information content (AvgIpc) is 3.02. The van der Waals surface area contributed by atoms with Crippen molar-refractivity contribution in [1.82, 2.24) is 9.88 Å². The molecule has 2 aromatic rings. The van der Waals surface area contributed by atoms with Gasteiger partial charge in [0.05, 0.1) is 35.2 Å². The number of halogens is 4. The van der Waals surface area contributed by atoms with Crippen molar-refractivity contribution in [1.29, 1.82) is 0 Å². The van der Waals surface area contributed by atoms with Crippen molar-refractivity contribution in [3.05, 3.63) is 52.3 Å². The minimum absolute atomic E-state index is 0.00812. The van der Waals surface area contributed by atoms with E-state index in [-0.39, 0.29) is 19.2 Å². The van der Waals surface area contributed by atoms with Gasteiger partial charge in [0, 0.05) is 13.1 Å². The first kappa shape index (κ1) is 23.7. The number of aromatic nitrogens is 1. The number of fused-ring (bicyclic) bond motifs is 1. The van der Waals surface area contributed by atoms with Gasteiger partial charge in [-0.3, -0.25) is 9.78 Å². The lowest BCUT2D eigenvalue weighted by Crippen LogP contribution is -2.42. The molecule has 0 radical (unpaired) electrons. The van der Waals surface area contributed by atoms with Crippen LogP contribution >= 0.6 is 11.6 Å². The molecule has 0 bridgehead atoms. The van der Waals surface area contributed by atoms with Gasteiger partial charge in [-0.1, -0.05) is 24.1 Å². The molecule has 0 spiro atoms. The molecule has 1 N–H and O–H groups in total. The molecular formula is C24H27ClF3N3O2.